The highest BCUT2D eigenvalue weighted by molar-refractivity contribution is 7.95. The first-order valence-electron chi connectivity index (χ1n) is 20.9. The van der Waals surface area contributed by atoms with E-state index in [1.54, 1.807) is 24.3 Å². The van der Waals surface area contributed by atoms with Crippen LogP contribution in [0.3, 0.4) is 0 Å². The molecule has 410 valence electrons. The lowest BCUT2D eigenvalue weighted by Crippen LogP contribution is -2.04. The van der Waals surface area contributed by atoms with Gasteiger partial charge in [-0.3, -0.25) is 18.1 Å². The summed E-state index contributed by atoms with van der Waals surface area (Å²) in [5.41, 5.74) is -0.543. The molecule has 0 saturated carbocycles. The topological polar surface area (TPSA) is 468 Å². The Balaban J connectivity index is 0.00000169. The highest BCUT2D eigenvalue weighted by Gasteiger charge is 2.27. The van der Waals surface area contributed by atoms with Crippen LogP contribution in [-0.4, -0.2) is 117 Å². The molecule has 0 aliphatic carbocycles. The molecule has 9 N–H and O–H groups in total. The minimum absolute atomic E-state index is 0.0266. The summed E-state index contributed by atoms with van der Waals surface area (Å²) in [5, 5.41) is 101. The molecule has 0 unspecified atom stereocenters. The Kier molecular flexibility index (Phi) is 18.5. The van der Waals surface area contributed by atoms with E-state index in [1.807, 2.05) is 6.07 Å². The van der Waals surface area contributed by atoms with E-state index in [-0.39, 0.29) is 101 Å². The van der Waals surface area contributed by atoms with Crippen molar-refractivity contribution in [1.82, 2.24) is 14.4 Å². The third-order valence-electron chi connectivity index (χ3n) is 9.98. The quantitative estimate of drug-likeness (QED) is 0.0113. The molecule has 5 aromatic carbocycles. The van der Waals surface area contributed by atoms with Crippen LogP contribution < -0.4 is 9.47 Å². The number of aliphatic hydroxyl groups is 2. The number of aromatic hydroxyl groups is 2. The number of pyridine rings is 1. The zero-order chi connectivity index (χ0) is 56.7. The molecule has 0 saturated heterocycles. The van der Waals surface area contributed by atoms with Crippen molar-refractivity contribution in [3.8, 4) is 29.2 Å². The van der Waals surface area contributed by atoms with Gasteiger partial charge in [0, 0.05) is 33.4 Å². The number of aromatic nitrogens is 3. The number of thiazole rings is 1. The van der Waals surface area contributed by atoms with Crippen molar-refractivity contribution in [3.63, 3.8) is 0 Å². The highest BCUT2D eigenvalue weighted by atomic mass is 32.2. The molecule has 0 fully saturated rings. The van der Waals surface area contributed by atoms with Gasteiger partial charge in [0.05, 0.1) is 64.2 Å². The largest absolute Gasteiger partial charge is 0.505 e. The van der Waals surface area contributed by atoms with Gasteiger partial charge in [-0.05, 0) is 49.4 Å². The molecule has 8 aromatic rings. The monoisotopic (exact) mass is 1190 g/mol. The number of phenols is 1. The molecule has 0 radical (unpaired) electrons. The number of rotatable bonds is 20. The maximum atomic E-state index is 13.2. The van der Waals surface area contributed by atoms with E-state index in [2.05, 4.69) is 59.4 Å². The van der Waals surface area contributed by atoms with E-state index in [4.69, 9.17) is 24.5 Å². The summed E-state index contributed by atoms with van der Waals surface area (Å²) in [6.45, 7) is -0.169. The number of ether oxygens (including phenoxy) is 2. The predicted octanol–water partition coefficient (Wildman–Crippen LogP) is 8.68. The highest BCUT2D eigenvalue weighted by Crippen LogP contribution is 2.49. The normalized spacial score (nSPS) is 12.4. The van der Waals surface area contributed by atoms with Gasteiger partial charge in [0.1, 0.15) is 74.4 Å². The molecule has 0 bridgehead atoms. The van der Waals surface area contributed by atoms with E-state index >= 15 is 0 Å². The average Bonchev–Trinajstić information content (AvgIpc) is 4.19. The smallest absolute Gasteiger partial charge is 0.297 e. The van der Waals surface area contributed by atoms with Gasteiger partial charge in [0.15, 0.2) is 17.1 Å². The van der Waals surface area contributed by atoms with Crippen LogP contribution in [-0.2, 0) is 49.1 Å². The lowest BCUT2D eigenvalue weighted by molar-refractivity contribution is -0.432. The fraction of sp³-hybridized carbons (Fsp3) is 0.146. The van der Waals surface area contributed by atoms with E-state index < -0.39 is 81.7 Å². The van der Waals surface area contributed by atoms with Gasteiger partial charge in [-0.25, -0.2) is 20.5 Å². The number of azo groups is 3. The first kappa shape index (κ1) is 58.5. The summed E-state index contributed by atoms with van der Waals surface area (Å²) in [5.74, 6) is -1.55. The van der Waals surface area contributed by atoms with Crippen LogP contribution in [0.15, 0.2) is 117 Å². The zero-order valence-corrected chi connectivity index (χ0v) is 43.9. The summed E-state index contributed by atoms with van der Waals surface area (Å²) in [7, 11) is -13.8. The minimum Gasteiger partial charge on any atom is -0.505 e. The number of hydrogen-bond acceptors (Lipinski definition) is 30. The van der Waals surface area contributed by atoms with Crippen molar-refractivity contribution in [2.75, 3.05) is 32.7 Å². The van der Waals surface area contributed by atoms with Crippen molar-refractivity contribution in [2.24, 2.45) is 30.7 Å². The second kappa shape index (κ2) is 24.6. The molecule has 0 spiro atoms. The molecule has 0 atom stereocenters. The first-order chi connectivity index (χ1) is 37.0. The fourth-order valence-corrected chi connectivity index (χ4v) is 10.5. The predicted molar refractivity (Wildman–Crippen MR) is 272 cm³/mol. The van der Waals surface area contributed by atoms with E-state index in [1.165, 1.54) is 35.6 Å². The van der Waals surface area contributed by atoms with Crippen LogP contribution in [0.25, 0.3) is 37.7 Å². The maximum Gasteiger partial charge on any atom is 0.297 e. The Hall–Kier alpha value is -7.20. The summed E-state index contributed by atoms with van der Waals surface area (Å²) >= 11 is 1.44. The van der Waals surface area contributed by atoms with Crippen LogP contribution >= 0.6 is 35.4 Å². The van der Waals surface area contributed by atoms with Gasteiger partial charge >= 0.3 is 0 Å². The van der Waals surface area contributed by atoms with Crippen LogP contribution in [0.1, 0.15) is 11.1 Å². The van der Waals surface area contributed by atoms with Crippen LogP contribution in [0.4, 0.5) is 33.6 Å². The molecule has 3 heterocycles. The molecular formula is C41H34N10O21S6. The summed E-state index contributed by atoms with van der Waals surface area (Å²) in [4.78, 5) is 6.85. The average molecular weight is 1200 g/mol. The van der Waals surface area contributed by atoms with Gasteiger partial charge in [-0.15, -0.1) is 39.4 Å². The molecule has 0 amide bonds. The van der Waals surface area contributed by atoms with E-state index in [9.17, 15) is 60.0 Å². The summed E-state index contributed by atoms with van der Waals surface area (Å²) in [6, 6.07) is 16.9. The lowest BCUT2D eigenvalue weighted by atomic mass is 10.1. The Bertz CT molecular complexity index is 4110. The molecular weight excluding hydrogens is 1160 g/mol. The second-order valence-corrected chi connectivity index (χ2v) is 21.8. The van der Waals surface area contributed by atoms with Crippen LogP contribution in [0.5, 0.6) is 23.1 Å². The molecule has 0 aliphatic rings. The standard InChI is InChI=1S/C40H30N10O18S5.CH4O3S/c1-18-22(17-41)38-42-23-4-2-3-5-27(23)50(38)39(54)33(18)47-44-24-7-6-20-21(37(24)73(60,61)62)14-31(71-68-66-56)35(36(20)53)48-45-25-15-29(64-11-9-52)26(16-28(25)63-10-8-51)46-49-40-43-34-30(69-40)12-19(70-67-65-55)13-32(34)72(57,58)59;1-5(2,3)4/h2-7,12-16,51-56H,8-11H2,1H3,(H,57,58,59)(H,60,61,62);1H3,(H,2,3,4). The van der Waals surface area contributed by atoms with Crippen molar-refractivity contribution in [1.29, 1.82) is 5.26 Å². The van der Waals surface area contributed by atoms with Gasteiger partial charge in [-0.1, -0.05) is 33.5 Å². The number of nitriles is 1. The van der Waals surface area contributed by atoms with Gasteiger partial charge in [0.2, 0.25) is 11.0 Å². The third-order valence-corrected chi connectivity index (χ3v) is 13.9. The third kappa shape index (κ3) is 13.4. The second-order valence-electron chi connectivity index (χ2n) is 15.1. The number of nitrogens with zero attached hydrogens (tertiary/aromatic N) is 10. The number of para-hydroxylation sites is 2. The maximum absolute atomic E-state index is 13.2. The summed E-state index contributed by atoms with van der Waals surface area (Å²) < 4.78 is 119. The molecule has 0 aliphatic heterocycles. The number of aliphatic hydroxyl groups excluding tert-OH is 2. The van der Waals surface area contributed by atoms with Gasteiger partial charge in [-0.2, -0.15) is 30.5 Å². The van der Waals surface area contributed by atoms with Crippen molar-refractivity contribution < 1.29 is 98.1 Å². The van der Waals surface area contributed by atoms with Gasteiger partial charge in [0.25, 0.3) is 30.4 Å². The molecule has 31 nitrogen and oxygen atoms in total. The van der Waals surface area contributed by atoms with Crippen molar-refractivity contribution >= 4 is 137 Å². The number of benzene rings is 5. The minimum atomic E-state index is -5.27. The zero-order valence-electron chi connectivity index (χ0n) is 39.0. The Morgan fingerprint density at radius 2 is 1.33 bits per heavy atom. The van der Waals surface area contributed by atoms with Gasteiger partial charge < -0.3 is 29.9 Å². The lowest BCUT2D eigenvalue weighted by Gasteiger charge is -2.14. The number of fused-ring (bicyclic) bond motifs is 5. The Labute approximate surface area is 449 Å². The first-order valence-corrected chi connectivity index (χ1v) is 27.9. The van der Waals surface area contributed by atoms with E-state index in [0.29, 0.717) is 29.3 Å². The SMILES string of the molecule is CS(=O)(=O)O.Cc1c(N=Nc2ccc3c(O)c(N=Nc4cc(OCCO)c(N=Nc5nc6c(S(=O)(=O)O)cc(SOOO)cc6s5)cc4OCCO)c(SOOO)cc3c2S(=O)(=O)O)c(O)n2c(nc3ccccc32)c1C#N. The molecule has 3 aromatic heterocycles. The Morgan fingerprint density at radius 3 is 1.94 bits per heavy atom. The van der Waals surface area contributed by atoms with Crippen molar-refractivity contribution in [2.45, 2.75) is 26.5 Å². The number of imidazole rings is 1. The van der Waals surface area contributed by atoms with Crippen LogP contribution in [0.2, 0.25) is 0 Å². The number of hydrogen-bond donors (Lipinski definition) is 9. The summed E-state index contributed by atoms with van der Waals surface area (Å²) in [6.07, 6.45) is 0.715. The van der Waals surface area contributed by atoms with E-state index in [0.717, 1.165) is 29.5 Å². The van der Waals surface area contributed by atoms with Crippen LogP contribution in [0, 0.1) is 18.3 Å². The fourth-order valence-electron chi connectivity index (χ4n) is 7.01. The molecule has 37 heteroatoms. The molecule has 8 rings (SSSR count). The number of phenolic OH excluding ortho intramolecular Hbond substituents is 1. The van der Waals surface area contributed by atoms with Crippen molar-refractivity contribution in [3.05, 3.63) is 77.9 Å². The molecule has 78 heavy (non-hydrogen) atoms. The Morgan fingerprint density at radius 1 is 0.731 bits per heavy atom.